The van der Waals surface area contributed by atoms with Gasteiger partial charge >= 0.3 is 0 Å². The highest BCUT2D eigenvalue weighted by Gasteiger charge is 2.02. The third kappa shape index (κ3) is 6.24. The number of hydrogen-bond donors (Lipinski definition) is 2. The number of nitrogens with one attached hydrogen (secondary N) is 1. The molecule has 64 valence electrons. The Morgan fingerprint density at radius 2 is 2.45 bits per heavy atom. The molecule has 2 nitrogen and oxygen atoms in total. The van der Waals surface area contributed by atoms with Gasteiger partial charge in [-0.2, -0.15) is 11.8 Å². The predicted octanol–water partition coefficient (Wildman–Crippen LogP) is 0.290. The van der Waals surface area contributed by atoms with Gasteiger partial charge in [0.05, 0.1) is 6.54 Å². The van der Waals surface area contributed by atoms with Crippen LogP contribution < -0.4 is 11.1 Å². The van der Waals surface area contributed by atoms with Crippen LogP contribution in [0.4, 0.5) is 0 Å². The molecule has 11 heavy (non-hydrogen) atoms. The highest BCUT2D eigenvalue weighted by molar-refractivity contribution is 7.98. The molecule has 1 atom stereocenters. The van der Waals surface area contributed by atoms with Gasteiger partial charge in [-0.1, -0.05) is 5.92 Å². The normalized spacial score (nSPS) is 12.5. The fraction of sp³-hybridized carbons (Fsp3) is 0.750. The lowest BCUT2D eigenvalue weighted by atomic mass is 10.2. The van der Waals surface area contributed by atoms with Gasteiger partial charge in [0.25, 0.3) is 0 Å². The topological polar surface area (TPSA) is 38.0 Å². The summed E-state index contributed by atoms with van der Waals surface area (Å²) >= 11 is 1.83. The van der Waals surface area contributed by atoms with Crippen LogP contribution in [0.5, 0.6) is 0 Å². The fourth-order valence-electron chi connectivity index (χ4n) is 0.767. The van der Waals surface area contributed by atoms with E-state index in [2.05, 4.69) is 17.5 Å². The smallest absolute Gasteiger partial charge is 0.0576 e. The van der Waals surface area contributed by atoms with Crippen molar-refractivity contribution < 1.29 is 0 Å². The summed E-state index contributed by atoms with van der Waals surface area (Å²) in [5.41, 5.74) is 5.51. The van der Waals surface area contributed by atoms with Gasteiger partial charge in [-0.15, -0.1) is 6.42 Å². The molecule has 0 amide bonds. The first-order chi connectivity index (χ1) is 5.35. The van der Waals surface area contributed by atoms with Crippen molar-refractivity contribution >= 4 is 11.8 Å². The minimum atomic E-state index is 0.387. The molecule has 0 saturated carbocycles. The molecule has 0 bridgehead atoms. The zero-order valence-corrected chi connectivity index (χ0v) is 7.79. The summed E-state index contributed by atoms with van der Waals surface area (Å²) < 4.78 is 0. The van der Waals surface area contributed by atoms with Crippen LogP contribution >= 0.6 is 11.8 Å². The molecule has 0 fully saturated rings. The number of hydrogen-bond acceptors (Lipinski definition) is 3. The van der Waals surface area contributed by atoms with Crippen LogP contribution in [0.1, 0.15) is 6.42 Å². The highest BCUT2D eigenvalue weighted by Crippen LogP contribution is 1.98. The Bertz CT molecular complexity index is 120. The van der Waals surface area contributed by atoms with Gasteiger partial charge in [0.15, 0.2) is 0 Å². The van der Waals surface area contributed by atoms with Crippen molar-refractivity contribution in [3.8, 4) is 12.3 Å². The van der Waals surface area contributed by atoms with Crippen LogP contribution in [0.25, 0.3) is 0 Å². The summed E-state index contributed by atoms with van der Waals surface area (Å²) in [5.74, 6) is 3.67. The van der Waals surface area contributed by atoms with Crippen molar-refractivity contribution in [3.05, 3.63) is 0 Å². The molecule has 0 radical (unpaired) electrons. The van der Waals surface area contributed by atoms with E-state index >= 15 is 0 Å². The zero-order valence-electron chi connectivity index (χ0n) is 6.97. The van der Waals surface area contributed by atoms with E-state index in [0.29, 0.717) is 19.1 Å². The van der Waals surface area contributed by atoms with E-state index in [1.807, 2.05) is 11.8 Å². The van der Waals surface area contributed by atoms with Gasteiger partial charge in [0.1, 0.15) is 0 Å². The molecule has 0 aliphatic rings. The summed E-state index contributed by atoms with van der Waals surface area (Å²) in [4.78, 5) is 0. The van der Waals surface area contributed by atoms with Crippen molar-refractivity contribution in [2.75, 3.05) is 25.1 Å². The van der Waals surface area contributed by atoms with Gasteiger partial charge in [0, 0.05) is 12.6 Å². The molecule has 0 aliphatic heterocycles. The molecule has 0 saturated heterocycles. The van der Waals surface area contributed by atoms with E-state index in [1.54, 1.807) is 0 Å². The standard InChI is InChI=1S/C8H16N2S/c1-3-5-10-8(7-9)4-6-11-2/h1,8,10H,4-7,9H2,2H3. The molecular weight excluding hydrogens is 156 g/mol. The molecule has 0 aliphatic carbocycles. The Morgan fingerprint density at radius 1 is 1.73 bits per heavy atom. The molecule has 0 heterocycles. The number of terminal acetylenes is 1. The van der Waals surface area contributed by atoms with Crippen molar-refractivity contribution in [2.45, 2.75) is 12.5 Å². The molecule has 0 aromatic heterocycles. The van der Waals surface area contributed by atoms with Gasteiger partial charge in [-0.3, -0.25) is 0 Å². The Kier molecular flexibility index (Phi) is 7.81. The molecule has 3 heteroatoms. The predicted molar refractivity (Wildman–Crippen MR) is 52.7 cm³/mol. The van der Waals surface area contributed by atoms with E-state index < -0.39 is 0 Å². The van der Waals surface area contributed by atoms with Crippen LogP contribution in [-0.4, -0.2) is 31.1 Å². The second-order valence-electron chi connectivity index (χ2n) is 2.30. The van der Waals surface area contributed by atoms with Crippen LogP contribution in [-0.2, 0) is 0 Å². The van der Waals surface area contributed by atoms with Gasteiger partial charge in [-0.25, -0.2) is 0 Å². The SMILES string of the molecule is C#CCNC(CN)CCSC. The number of nitrogens with two attached hydrogens (primary N) is 1. The molecule has 3 N–H and O–H groups in total. The average molecular weight is 172 g/mol. The fourth-order valence-corrected chi connectivity index (χ4v) is 1.29. The van der Waals surface area contributed by atoms with Crippen molar-refractivity contribution in [3.63, 3.8) is 0 Å². The Balaban J connectivity index is 3.34. The van der Waals surface area contributed by atoms with Crippen molar-refractivity contribution in [1.29, 1.82) is 0 Å². The molecule has 0 aromatic rings. The Hall–Kier alpha value is -0.170. The lowest BCUT2D eigenvalue weighted by Gasteiger charge is -2.13. The first kappa shape index (κ1) is 10.8. The van der Waals surface area contributed by atoms with Crippen molar-refractivity contribution in [1.82, 2.24) is 5.32 Å². The lowest BCUT2D eigenvalue weighted by Crippen LogP contribution is -2.36. The molecule has 0 spiro atoms. The maximum absolute atomic E-state index is 5.51. The largest absolute Gasteiger partial charge is 0.329 e. The maximum Gasteiger partial charge on any atom is 0.0576 e. The van der Waals surface area contributed by atoms with Crippen LogP contribution in [0.2, 0.25) is 0 Å². The van der Waals surface area contributed by atoms with Gasteiger partial charge in [0.2, 0.25) is 0 Å². The summed E-state index contributed by atoms with van der Waals surface area (Å²) in [7, 11) is 0. The molecular formula is C8H16N2S. The van der Waals surface area contributed by atoms with E-state index in [-0.39, 0.29) is 0 Å². The lowest BCUT2D eigenvalue weighted by molar-refractivity contribution is 0.541. The second kappa shape index (κ2) is 7.93. The first-order valence-electron chi connectivity index (χ1n) is 3.71. The summed E-state index contributed by atoms with van der Waals surface area (Å²) in [5, 5.41) is 3.18. The van der Waals surface area contributed by atoms with E-state index in [1.165, 1.54) is 0 Å². The number of thioether (sulfide) groups is 1. The van der Waals surface area contributed by atoms with E-state index in [4.69, 9.17) is 12.2 Å². The minimum Gasteiger partial charge on any atom is -0.329 e. The summed E-state index contributed by atoms with van der Waals surface area (Å²) in [6.07, 6.45) is 8.29. The maximum atomic E-state index is 5.51. The molecule has 1 unspecified atom stereocenters. The molecule has 0 aromatic carbocycles. The van der Waals surface area contributed by atoms with Crippen molar-refractivity contribution in [2.24, 2.45) is 5.73 Å². The molecule has 0 rings (SSSR count). The van der Waals surface area contributed by atoms with Crippen LogP contribution in [0.3, 0.4) is 0 Å². The third-order valence-corrected chi connectivity index (χ3v) is 2.09. The van der Waals surface area contributed by atoms with Crippen LogP contribution in [0.15, 0.2) is 0 Å². The summed E-state index contributed by atoms with van der Waals surface area (Å²) in [6, 6.07) is 0.387. The highest BCUT2D eigenvalue weighted by atomic mass is 32.2. The summed E-state index contributed by atoms with van der Waals surface area (Å²) in [6.45, 7) is 1.29. The van der Waals surface area contributed by atoms with E-state index in [9.17, 15) is 0 Å². The Morgan fingerprint density at radius 3 is 2.91 bits per heavy atom. The van der Waals surface area contributed by atoms with Gasteiger partial charge in [-0.05, 0) is 18.4 Å². The average Bonchev–Trinajstić information content (AvgIpc) is 2.05. The third-order valence-electron chi connectivity index (χ3n) is 1.45. The van der Waals surface area contributed by atoms with Crippen LogP contribution in [0, 0.1) is 12.3 Å². The monoisotopic (exact) mass is 172 g/mol. The second-order valence-corrected chi connectivity index (χ2v) is 3.28. The first-order valence-corrected chi connectivity index (χ1v) is 5.10. The quantitative estimate of drug-likeness (QED) is 0.566. The minimum absolute atomic E-state index is 0.387. The Labute approximate surface area is 73.3 Å². The zero-order chi connectivity index (χ0) is 8.53. The van der Waals surface area contributed by atoms with E-state index in [0.717, 1.165) is 12.2 Å². The number of rotatable bonds is 6. The van der Waals surface area contributed by atoms with Gasteiger partial charge < -0.3 is 11.1 Å².